The third-order valence-electron chi connectivity index (χ3n) is 1.56. The molecule has 1 aromatic rings. The summed E-state index contributed by atoms with van der Waals surface area (Å²) in [6, 6.07) is 6.41. The van der Waals surface area contributed by atoms with Crippen LogP contribution in [-0.4, -0.2) is 13.3 Å². The number of halogens is 3. The number of hydrogen-bond acceptors (Lipinski definition) is 1. The molecule has 0 saturated carbocycles. The van der Waals surface area contributed by atoms with Crippen LogP contribution in [0.4, 0.5) is 13.2 Å². The lowest BCUT2D eigenvalue weighted by molar-refractivity contribution is -0.0790. The van der Waals surface area contributed by atoms with Crippen LogP contribution in [0.3, 0.4) is 0 Å². The minimum atomic E-state index is -4.27. The maximum Gasteiger partial charge on any atom is 0.409 e. The zero-order chi connectivity index (χ0) is 10.6. The molecular formula is C10H9F3O. The molecule has 0 aromatic heterocycles. The lowest BCUT2D eigenvalue weighted by Crippen LogP contribution is -2.00. The van der Waals surface area contributed by atoms with Crippen molar-refractivity contribution in [2.24, 2.45) is 0 Å². The minimum absolute atomic E-state index is 0.196. The standard InChI is InChI=1S/C10H9F3O/c1-14-9-4-2-3-8(7-9)5-6-10(11,12)13/h2-7H,1H3. The lowest BCUT2D eigenvalue weighted by atomic mass is 10.2. The highest BCUT2D eigenvalue weighted by atomic mass is 19.4. The van der Waals surface area contributed by atoms with Crippen molar-refractivity contribution in [3.05, 3.63) is 35.9 Å². The number of ether oxygens (including phenoxy) is 1. The first-order valence-electron chi connectivity index (χ1n) is 3.91. The highest BCUT2D eigenvalue weighted by Crippen LogP contribution is 2.19. The molecule has 0 fully saturated rings. The quantitative estimate of drug-likeness (QED) is 0.715. The lowest BCUT2D eigenvalue weighted by Gasteiger charge is -2.01. The summed E-state index contributed by atoms with van der Waals surface area (Å²) in [7, 11) is 1.46. The first-order valence-corrected chi connectivity index (χ1v) is 3.91. The van der Waals surface area contributed by atoms with Crippen molar-refractivity contribution in [2.75, 3.05) is 7.11 Å². The van der Waals surface area contributed by atoms with Gasteiger partial charge in [0.25, 0.3) is 0 Å². The number of rotatable bonds is 2. The summed E-state index contributed by atoms with van der Waals surface area (Å²) in [6.07, 6.45) is -3.08. The third kappa shape index (κ3) is 3.51. The molecule has 0 unspecified atom stereocenters. The Morgan fingerprint density at radius 2 is 2.00 bits per heavy atom. The fraction of sp³-hybridized carbons (Fsp3) is 0.200. The van der Waals surface area contributed by atoms with Crippen LogP contribution in [0, 0.1) is 0 Å². The fourth-order valence-corrected chi connectivity index (χ4v) is 0.936. The molecule has 0 aliphatic rings. The Morgan fingerprint density at radius 3 is 2.57 bits per heavy atom. The Balaban J connectivity index is 2.82. The van der Waals surface area contributed by atoms with E-state index in [1.165, 1.54) is 13.2 Å². The van der Waals surface area contributed by atoms with Crippen LogP contribution < -0.4 is 4.74 Å². The molecule has 4 heteroatoms. The maximum absolute atomic E-state index is 11.8. The zero-order valence-electron chi connectivity index (χ0n) is 7.51. The van der Waals surface area contributed by atoms with Crippen LogP contribution in [0.5, 0.6) is 5.75 Å². The molecule has 0 heterocycles. The van der Waals surface area contributed by atoms with Crippen molar-refractivity contribution in [3.63, 3.8) is 0 Å². The van der Waals surface area contributed by atoms with Crippen LogP contribution >= 0.6 is 0 Å². The van der Waals surface area contributed by atoms with Gasteiger partial charge in [0.2, 0.25) is 0 Å². The normalized spacial score (nSPS) is 12.0. The molecule has 0 aliphatic heterocycles. The topological polar surface area (TPSA) is 9.23 Å². The van der Waals surface area contributed by atoms with Crippen molar-refractivity contribution in [1.29, 1.82) is 0 Å². The first-order chi connectivity index (χ1) is 6.51. The summed E-state index contributed by atoms with van der Waals surface area (Å²) in [5.74, 6) is 0.536. The Bertz CT molecular complexity index is 328. The van der Waals surface area contributed by atoms with E-state index in [1.807, 2.05) is 0 Å². The van der Waals surface area contributed by atoms with Gasteiger partial charge in [-0.15, -0.1) is 0 Å². The molecule has 1 nitrogen and oxygen atoms in total. The second-order valence-corrected chi connectivity index (χ2v) is 2.65. The smallest absolute Gasteiger partial charge is 0.409 e. The summed E-state index contributed by atoms with van der Waals surface area (Å²) >= 11 is 0. The van der Waals surface area contributed by atoms with Crippen molar-refractivity contribution in [1.82, 2.24) is 0 Å². The number of allylic oxidation sites excluding steroid dienone is 1. The van der Waals surface area contributed by atoms with Gasteiger partial charge in [0.05, 0.1) is 7.11 Å². The summed E-state index contributed by atoms with van der Waals surface area (Å²) in [6.45, 7) is 0. The molecule has 1 rings (SSSR count). The van der Waals surface area contributed by atoms with Crippen LogP contribution in [0.25, 0.3) is 6.08 Å². The number of methoxy groups -OCH3 is 1. The highest BCUT2D eigenvalue weighted by molar-refractivity contribution is 5.52. The summed E-state index contributed by atoms with van der Waals surface area (Å²) in [4.78, 5) is 0. The minimum Gasteiger partial charge on any atom is -0.497 e. The van der Waals surface area contributed by atoms with Gasteiger partial charge < -0.3 is 4.74 Å². The summed E-state index contributed by atoms with van der Waals surface area (Å²) in [5.41, 5.74) is 0.460. The highest BCUT2D eigenvalue weighted by Gasteiger charge is 2.21. The number of benzene rings is 1. The second-order valence-electron chi connectivity index (χ2n) is 2.65. The van der Waals surface area contributed by atoms with Crippen molar-refractivity contribution in [3.8, 4) is 5.75 Å². The average molecular weight is 202 g/mol. The van der Waals surface area contributed by atoms with E-state index < -0.39 is 6.18 Å². The van der Waals surface area contributed by atoms with Crippen LogP contribution in [0.2, 0.25) is 0 Å². The van der Waals surface area contributed by atoms with E-state index in [4.69, 9.17) is 4.74 Å². The van der Waals surface area contributed by atoms with Gasteiger partial charge in [0, 0.05) is 6.08 Å². The number of hydrogen-bond donors (Lipinski definition) is 0. The molecular weight excluding hydrogens is 193 g/mol. The molecule has 1 aromatic carbocycles. The van der Waals surface area contributed by atoms with Crippen molar-refractivity contribution < 1.29 is 17.9 Å². The van der Waals surface area contributed by atoms with Gasteiger partial charge >= 0.3 is 6.18 Å². The third-order valence-corrected chi connectivity index (χ3v) is 1.56. The molecule has 0 aliphatic carbocycles. The first kappa shape index (κ1) is 10.6. The van der Waals surface area contributed by atoms with Crippen molar-refractivity contribution in [2.45, 2.75) is 6.18 Å². The van der Waals surface area contributed by atoms with Crippen LogP contribution in [-0.2, 0) is 0 Å². The van der Waals surface area contributed by atoms with Gasteiger partial charge in [0.1, 0.15) is 5.75 Å². The van der Waals surface area contributed by atoms with Gasteiger partial charge in [-0.25, -0.2) is 0 Å². The monoisotopic (exact) mass is 202 g/mol. The van der Waals surface area contributed by atoms with Gasteiger partial charge in [-0.1, -0.05) is 12.1 Å². The molecule has 0 spiro atoms. The molecule has 76 valence electrons. The molecule has 0 bridgehead atoms. The van der Waals surface area contributed by atoms with Crippen molar-refractivity contribution >= 4 is 6.08 Å². The maximum atomic E-state index is 11.8. The van der Waals surface area contributed by atoms with Gasteiger partial charge in [0.15, 0.2) is 0 Å². The molecule has 0 saturated heterocycles. The Labute approximate surface area is 79.8 Å². The Kier molecular flexibility index (Phi) is 3.17. The van der Waals surface area contributed by atoms with Gasteiger partial charge in [-0.2, -0.15) is 13.2 Å². The average Bonchev–Trinajstić information content (AvgIpc) is 2.14. The Hall–Kier alpha value is -1.45. The van der Waals surface area contributed by atoms with E-state index in [0.717, 1.165) is 6.08 Å². The fourth-order valence-electron chi connectivity index (χ4n) is 0.936. The van der Waals surface area contributed by atoms with Crippen LogP contribution in [0.1, 0.15) is 5.56 Å². The molecule has 14 heavy (non-hydrogen) atoms. The molecule has 0 atom stereocenters. The molecule has 0 radical (unpaired) electrons. The molecule has 0 N–H and O–H groups in total. The van der Waals surface area contributed by atoms with E-state index in [0.29, 0.717) is 11.3 Å². The van der Waals surface area contributed by atoms with E-state index in [2.05, 4.69) is 0 Å². The predicted molar refractivity (Wildman–Crippen MR) is 48.1 cm³/mol. The Morgan fingerprint density at radius 1 is 1.29 bits per heavy atom. The van der Waals surface area contributed by atoms with E-state index in [9.17, 15) is 13.2 Å². The second kappa shape index (κ2) is 4.17. The summed E-state index contributed by atoms with van der Waals surface area (Å²) < 4.78 is 40.3. The molecule has 0 amide bonds. The van der Waals surface area contributed by atoms with Gasteiger partial charge in [-0.3, -0.25) is 0 Å². The largest absolute Gasteiger partial charge is 0.497 e. The summed E-state index contributed by atoms with van der Waals surface area (Å²) in [5, 5.41) is 0. The predicted octanol–water partition coefficient (Wildman–Crippen LogP) is 3.27. The SMILES string of the molecule is COc1cccc(C=CC(F)(F)F)c1. The zero-order valence-corrected chi connectivity index (χ0v) is 7.51. The van der Waals surface area contributed by atoms with E-state index in [-0.39, 0.29) is 6.08 Å². The van der Waals surface area contributed by atoms with E-state index in [1.54, 1.807) is 18.2 Å². The van der Waals surface area contributed by atoms with Crippen LogP contribution in [0.15, 0.2) is 30.3 Å². The van der Waals surface area contributed by atoms with E-state index >= 15 is 0 Å². The number of alkyl halides is 3. The van der Waals surface area contributed by atoms with Gasteiger partial charge in [-0.05, 0) is 23.8 Å².